The summed E-state index contributed by atoms with van der Waals surface area (Å²) in [7, 11) is 1.36. The topological polar surface area (TPSA) is 43.4 Å². The van der Waals surface area contributed by atoms with E-state index in [2.05, 4.69) is 0 Å². The summed E-state index contributed by atoms with van der Waals surface area (Å²) in [4.78, 5) is 22.8. The van der Waals surface area contributed by atoms with Crippen LogP contribution < -0.4 is 0 Å². The molecule has 0 aliphatic carbocycles. The molecule has 0 aromatic heterocycles. The molecule has 0 spiro atoms. The fraction of sp³-hybridized carbons (Fsp3) is 0.0588. The maximum absolute atomic E-state index is 11.6. The van der Waals surface area contributed by atoms with Gasteiger partial charge in [0.2, 0.25) is 0 Å². The predicted molar refractivity (Wildman–Crippen MR) is 78.2 cm³/mol. The molecule has 0 aliphatic rings. The van der Waals surface area contributed by atoms with Crippen molar-refractivity contribution in [1.29, 1.82) is 0 Å². The minimum absolute atomic E-state index is 0.365. The number of esters is 1. The van der Waals surface area contributed by atoms with E-state index in [0.29, 0.717) is 11.1 Å². The molecule has 0 atom stereocenters. The summed E-state index contributed by atoms with van der Waals surface area (Å²) in [6, 6.07) is 14.9. The Labute approximate surface area is 115 Å². The van der Waals surface area contributed by atoms with E-state index in [4.69, 9.17) is 4.74 Å². The van der Waals surface area contributed by atoms with Gasteiger partial charge in [-0.05, 0) is 39.7 Å². The van der Waals surface area contributed by atoms with E-state index in [1.165, 1.54) is 7.11 Å². The number of carbonyl (C=O) groups is 2. The van der Waals surface area contributed by atoms with Crippen LogP contribution in [0.4, 0.5) is 0 Å². The Morgan fingerprint density at radius 3 is 2.45 bits per heavy atom. The smallest absolute Gasteiger partial charge is 0.337 e. The molecule has 98 valence electrons. The molecule has 0 aliphatic heterocycles. The van der Waals surface area contributed by atoms with Gasteiger partial charge in [0.15, 0.2) is 6.29 Å². The van der Waals surface area contributed by atoms with E-state index in [9.17, 15) is 9.59 Å². The quantitative estimate of drug-likeness (QED) is 0.403. The van der Waals surface area contributed by atoms with Crippen LogP contribution in [-0.4, -0.2) is 19.4 Å². The van der Waals surface area contributed by atoms with E-state index in [-0.39, 0.29) is 5.97 Å². The van der Waals surface area contributed by atoms with Crippen LogP contribution in [0.25, 0.3) is 21.5 Å². The highest BCUT2D eigenvalue weighted by Crippen LogP contribution is 2.29. The van der Waals surface area contributed by atoms with Crippen molar-refractivity contribution in [3.63, 3.8) is 0 Å². The van der Waals surface area contributed by atoms with E-state index in [0.717, 1.165) is 27.8 Å². The standard InChI is InChI=1S/C17H12O3/c1-20-17(19)12-7-6-11-8-13(10-18)14-4-2-3-5-15(14)16(11)9-12/h2-10H,1H3. The Morgan fingerprint density at radius 1 is 1.00 bits per heavy atom. The average molecular weight is 264 g/mol. The summed E-state index contributed by atoms with van der Waals surface area (Å²) in [5, 5.41) is 3.71. The van der Waals surface area contributed by atoms with Gasteiger partial charge >= 0.3 is 5.97 Å². The van der Waals surface area contributed by atoms with E-state index in [1.54, 1.807) is 12.1 Å². The molecule has 0 fully saturated rings. The second kappa shape index (κ2) is 4.78. The normalized spacial score (nSPS) is 10.7. The molecule has 3 nitrogen and oxygen atoms in total. The lowest BCUT2D eigenvalue weighted by Gasteiger charge is -2.08. The molecule has 3 rings (SSSR count). The molecule has 0 radical (unpaired) electrons. The van der Waals surface area contributed by atoms with E-state index in [1.807, 2.05) is 36.4 Å². The minimum atomic E-state index is -0.365. The fourth-order valence-corrected chi connectivity index (χ4v) is 2.47. The summed E-state index contributed by atoms with van der Waals surface area (Å²) < 4.78 is 4.75. The third-order valence-corrected chi connectivity index (χ3v) is 3.44. The first-order chi connectivity index (χ1) is 9.74. The maximum atomic E-state index is 11.6. The third-order valence-electron chi connectivity index (χ3n) is 3.44. The summed E-state index contributed by atoms with van der Waals surface area (Å²) in [6.07, 6.45) is 0.857. The third kappa shape index (κ3) is 1.84. The van der Waals surface area contributed by atoms with Crippen LogP contribution >= 0.6 is 0 Å². The van der Waals surface area contributed by atoms with Gasteiger partial charge in [0.05, 0.1) is 12.7 Å². The molecule has 0 bridgehead atoms. The molecule has 0 amide bonds. The van der Waals surface area contributed by atoms with Gasteiger partial charge in [-0.2, -0.15) is 0 Å². The number of methoxy groups -OCH3 is 1. The van der Waals surface area contributed by atoms with Gasteiger partial charge in [0, 0.05) is 5.56 Å². The molecule has 0 saturated carbocycles. The SMILES string of the molecule is COC(=O)c1ccc2cc(C=O)c3ccccc3c2c1. The van der Waals surface area contributed by atoms with Gasteiger partial charge < -0.3 is 4.74 Å². The molecular weight excluding hydrogens is 252 g/mol. The number of rotatable bonds is 2. The first kappa shape index (κ1) is 12.4. The molecule has 0 saturated heterocycles. The lowest BCUT2D eigenvalue weighted by Crippen LogP contribution is -2.00. The first-order valence-electron chi connectivity index (χ1n) is 6.23. The van der Waals surface area contributed by atoms with Crippen molar-refractivity contribution in [3.8, 4) is 0 Å². The van der Waals surface area contributed by atoms with Crippen LogP contribution in [0.2, 0.25) is 0 Å². The van der Waals surface area contributed by atoms with Crippen LogP contribution in [0.3, 0.4) is 0 Å². The van der Waals surface area contributed by atoms with E-state index < -0.39 is 0 Å². The van der Waals surface area contributed by atoms with Gasteiger partial charge in [0.1, 0.15) is 0 Å². The molecule has 0 heterocycles. The fourth-order valence-electron chi connectivity index (χ4n) is 2.47. The Hall–Kier alpha value is -2.68. The average Bonchev–Trinajstić information content (AvgIpc) is 2.52. The Kier molecular flexibility index (Phi) is 2.95. The molecule has 20 heavy (non-hydrogen) atoms. The van der Waals surface area contributed by atoms with Gasteiger partial charge in [-0.1, -0.05) is 30.3 Å². The Morgan fingerprint density at radius 2 is 1.75 bits per heavy atom. The number of carbonyl (C=O) groups excluding carboxylic acids is 2. The number of hydrogen-bond acceptors (Lipinski definition) is 3. The number of aldehydes is 1. The Bertz CT molecular complexity index is 834. The van der Waals surface area contributed by atoms with Crippen LogP contribution in [0.15, 0.2) is 48.5 Å². The summed E-state index contributed by atoms with van der Waals surface area (Å²) in [5.74, 6) is -0.365. The van der Waals surface area contributed by atoms with Crippen molar-refractivity contribution in [3.05, 3.63) is 59.7 Å². The molecule has 0 N–H and O–H groups in total. The van der Waals surface area contributed by atoms with Crippen LogP contribution in [0.5, 0.6) is 0 Å². The van der Waals surface area contributed by atoms with Gasteiger partial charge in [-0.3, -0.25) is 4.79 Å². The predicted octanol–water partition coefficient (Wildman–Crippen LogP) is 3.59. The van der Waals surface area contributed by atoms with Crippen molar-refractivity contribution in [1.82, 2.24) is 0 Å². The highest BCUT2D eigenvalue weighted by molar-refractivity contribution is 6.14. The van der Waals surface area contributed by atoms with Gasteiger partial charge in [0.25, 0.3) is 0 Å². The van der Waals surface area contributed by atoms with Crippen LogP contribution in [-0.2, 0) is 4.74 Å². The largest absolute Gasteiger partial charge is 0.465 e. The van der Waals surface area contributed by atoms with Crippen LogP contribution in [0, 0.1) is 0 Å². The number of hydrogen-bond donors (Lipinski definition) is 0. The molecule has 0 unspecified atom stereocenters. The highest BCUT2D eigenvalue weighted by atomic mass is 16.5. The monoisotopic (exact) mass is 264 g/mol. The molecular formula is C17H12O3. The van der Waals surface area contributed by atoms with Crippen molar-refractivity contribution >= 4 is 33.8 Å². The van der Waals surface area contributed by atoms with Gasteiger partial charge in [-0.15, -0.1) is 0 Å². The molecule has 3 aromatic rings. The summed E-state index contributed by atoms with van der Waals surface area (Å²) in [6.45, 7) is 0. The van der Waals surface area contributed by atoms with E-state index >= 15 is 0 Å². The summed E-state index contributed by atoms with van der Waals surface area (Å²) >= 11 is 0. The minimum Gasteiger partial charge on any atom is -0.465 e. The molecule has 3 heteroatoms. The zero-order valence-corrected chi connectivity index (χ0v) is 10.9. The zero-order valence-electron chi connectivity index (χ0n) is 10.9. The molecule has 3 aromatic carbocycles. The first-order valence-corrected chi connectivity index (χ1v) is 6.23. The van der Waals surface area contributed by atoms with Crippen molar-refractivity contribution in [2.75, 3.05) is 7.11 Å². The number of ether oxygens (including phenoxy) is 1. The lowest BCUT2D eigenvalue weighted by molar-refractivity contribution is 0.0601. The van der Waals surface area contributed by atoms with Crippen LogP contribution in [0.1, 0.15) is 20.7 Å². The lowest BCUT2D eigenvalue weighted by atomic mass is 9.96. The van der Waals surface area contributed by atoms with Crippen molar-refractivity contribution < 1.29 is 14.3 Å². The Balaban J connectivity index is 2.42. The second-order valence-corrected chi connectivity index (χ2v) is 4.56. The van der Waals surface area contributed by atoms with Gasteiger partial charge in [-0.25, -0.2) is 4.79 Å². The van der Waals surface area contributed by atoms with Crippen molar-refractivity contribution in [2.45, 2.75) is 0 Å². The second-order valence-electron chi connectivity index (χ2n) is 4.56. The van der Waals surface area contributed by atoms with Crippen molar-refractivity contribution in [2.24, 2.45) is 0 Å². The number of benzene rings is 3. The highest BCUT2D eigenvalue weighted by Gasteiger charge is 2.10. The summed E-state index contributed by atoms with van der Waals surface area (Å²) in [5.41, 5.74) is 1.16. The maximum Gasteiger partial charge on any atom is 0.337 e. The number of fused-ring (bicyclic) bond motifs is 3. The zero-order chi connectivity index (χ0) is 14.1.